The van der Waals surface area contributed by atoms with Crippen molar-refractivity contribution in [1.82, 2.24) is 19.4 Å². The maximum absolute atomic E-state index is 11.7. The maximum atomic E-state index is 11.7. The zero-order valence-corrected chi connectivity index (χ0v) is 9.12. The summed E-state index contributed by atoms with van der Waals surface area (Å²) in [6, 6.07) is 3.51. The molecular weight excluding hydrogens is 228 g/mol. The van der Waals surface area contributed by atoms with Gasteiger partial charge in [0.1, 0.15) is 5.82 Å². The second-order valence-electron chi connectivity index (χ2n) is 3.49. The molecule has 0 spiro atoms. The molecule has 0 aliphatic heterocycles. The highest BCUT2D eigenvalue weighted by Gasteiger charge is 2.11. The Morgan fingerprint density at radius 2 is 2.19 bits per heavy atom. The van der Waals surface area contributed by atoms with E-state index in [9.17, 15) is 4.79 Å². The van der Waals surface area contributed by atoms with Crippen LogP contribution in [0.5, 0.6) is 0 Å². The van der Waals surface area contributed by atoms with E-state index >= 15 is 0 Å². The number of aryl methyl sites for hydroxylation is 1. The zero-order valence-electron chi connectivity index (χ0n) is 8.36. The number of hydrogen-bond acceptors (Lipinski definition) is 3. The fourth-order valence-electron chi connectivity index (χ4n) is 1.69. The van der Waals surface area contributed by atoms with E-state index in [2.05, 4.69) is 15.0 Å². The SMILES string of the molecule is Cc1nc2c(nc3c(Cl)cccn32)c(=O)[nH]1. The summed E-state index contributed by atoms with van der Waals surface area (Å²) in [7, 11) is 0. The van der Waals surface area contributed by atoms with Gasteiger partial charge in [-0.2, -0.15) is 0 Å². The van der Waals surface area contributed by atoms with E-state index in [1.807, 2.05) is 0 Å². The number of nitrogens with one attached hydrogen (secondary N) is 1. The topological polar surface area (TPSA) is 63.1 Å². The Bertz CT molecular complexity index is 758. The summed E-state index contributed by atoms with van der Waals surface area (Å²) in [6.45, 7) is 1.73. The van der Waals surface area contributed by atoms with Crippen LogP contribution in [0.4, 0.5) is 0 Å². The predicted molar refractivity (Wildman–Crippen MR) is 60.9 cm³/mol. The van der Waals surface area contributed by atoms with Crippen molar-refractivity contribution in [1.29, 1.82) is 0 Å². The maximum Gasteiger partial charge on any atom is 0.279 e. The van der Waals surface area contributed by atoms with E-state index in [1.165, 1.54) is 0 Å². The Kier molecular flexibility index (Phi) is 1.79. The lowest BCUT2D eigenvalue weighted by Gasteiger charge is -1.95. The molecule has 0 fully saturated rings. The lowest BCUT2D eigenvalue weighted by molar-refractivity contribution is 1.04. The largest absolute Gasteiger partial charge is 0.309 e. The van der Waals surface area contributed by atoms with Crippen molar-refractivity contribution >= 4 is 28.4 Å². The van der Waals surface area contributed by atoms with Crippen molar-refractivity contribution in [3.05, 3.63) is 39.5 Å². The summed E-state index contributed by atoms with van der Waals surface area (Å²) in [6.07, 6.45) is 1.78. The first kappa shape index (κ1) is 9.35. The van der Waals surface area contributed by atoms with Gasteiger partial charge < -0.3 is 4.98 Å². The number of aromatic nitrogens is 4. The molecular formula is C10H7ClN4O. The standard InChI is InChI=1S/C10H7ClN4O/c1-5-12-9-7(10(16)13-5)14-8-6(11)3-2-4-15(8)9/h2-4H,1H3,(H,12,13,16). The quantitative estimate of drug-likeness (QED) is 0.642. The molecule has 3 heterocycles. The van der Waals surface area contributed by atoms with Gasteiger partial charge in [0.2, 0.25) is 0 Å². The average Bonchev–Trinajstić information content (AvgIpc) is 2.59. The van der Waals surface area contributed by atoms with E-state index < -0.39 is 0 Å². The molecule has 0 amide bonds. The van der Waals surface area contributed by atoms with Crippen LogP contribution in [0.15, 0.2) is 23.1 Å². The predicted octanol–water partition coefficient (Wildman–Crippen LogP) is 1.53. The molecule has 3 aromatic rings. The van der Waals surface area contributed by atoms with Crippen LogP contribution in [0.1, 0.15) is 5.82 Å². The highest BCUT2D eigenvalue weighted by atomic mass is 35.5. The minimum atomic E-state index is -0.248. The first-order valence-electron chi connectivity index (χ1n) is 4.70. The Morgan fingerprint density at radius 1 is 1.38 bits per heavy atom. The van der Waals surface area contributed by atoms with Gasteiger partial charge in [0.05, 0.1) is 5.02 Å². The van der Waals surface area contributed by atoms with Gasteiger partial charge in [0.25, 0.3) is 5.56 Å². The van der Waals surface area contributed by atoms with Gasteiger partial charge in [-0.1, -0.05) is 11.6 Å². The van der Waals surface area contributed by atoms with E-state index in [4.69, 9.17) is 11.6 Å². The summed E-state index contributed by atoms with van der Waals surface area (Å²) < 4.78 is 1.71. The number of pyridine rings is 1. The lowest BCUT2D eigenvalue weighted by atomic mass is 10.5. The van der Waals surface area contributed by atoms with Crippen LogP contribution in [0, 0.1) is 6.92 Å². The molecule has 0 aliphatic carbocycles. The van der Waals surface area contributed by atoms with Gasteiger partial charge in [0, 0.05) is 6.20 Å². The normalized spacial score (nSPS) is 11.4. The van der Waals surface area contributed by atoms with Crippen LogP contribution >= 0.6 is 11.6 Å². The third-order valence-corrected chi connectivity index (χ3v) is 2.66. The first-order valence-corrected chi connectivity index (χ1v) is 5.08. The summed E-state index contributed by atoms with van der Waals surface area (Å²) in [5.41, 5.74) is 1.13. The zero-order chi connectivity index (χ0) is 11.3. The molecule has 5 nitrogen and oxygen atoms in total. The highest BCUT2D eigenvalue weighted by molar-refractivity contribution is 6.33. The highest BCUT2D eigenvalue weighted by Crippen LogP contribution is 2.18. The molecule has 0 saturated heterocycles. The van der Waals surface area contributed by atoms with Crippen molar-refractivity contribution in [3.8, 4) is 0 Å². The average molecular weight is 235 g/mol. The molecule has 3 rings (SSSR count). The Balaban J connectivity index is 2.67. The third kappa shape index (κ3) is 1.15. The van der Waals surface area contributed by atoms with Crippen LogP contribution in [0.2, 0.25) is 5.02 Å². The van der Waals surface area contributed by atoms with Crippen LogP contribution in [0.25, 0.3) is 16.8 Å². The Hall–Kier alpha value is -1.88. The van der Waals surface area contributed by atoms with Crippen LogP contribution in [-0.4, -0.2) is 19.4 Å². The van der Waals surface area contributed by atoms with Crippen molar-refractivity contribution in [3.63, 3.8) is 0 Å². The summed E-state index contributed by atoms with van der Waals surface area (Å²) in [5.74, 6) is 0.555. The van der Waals surface area contributed by atoms with Gasteiger partial charge in [-0.3, -0.25) is 9.20 Å². The smallest absolute Gasteiger partial charge is 0.279 e. The van der Waals surface area contributed by atoms with Gasteiger partial charge in [-0.25, -0.2) is 9.97 Å². The fourth-order valence-corrected chi connectivity index (χ4v) is 1.90. The molecule has 1 N–H and O–H groups in total. The minimum Gasteiger partial charge on any atom is -0.309 e. The summed E-state index contributed by atoms with van der Waals surface area (Å²) in [4.78, 5) is 22.7. The van der Waals surface area contributed by atoms with Crippen molar-refractivity contribution in [2.45, 2.75) is 6.92 Å². The number of nitrogens with zero attached hydrogens (tertiary/aromatic N) is 3. The number of fused-ring (bicyclic) bond motifs is 3. The second-order valence-corrected chi connectivity index (χ2v) is 3.89. The molecule has 0 aliphatic rings. The van der Waals surface area contributed by atoms with E-state index in [0.717, 1.165) is 0 Å². The summed E-state index contributed by atoms with van der Waals surface area (Å²) in [5, 5.41) is 0.498. The lowest BCUT2D eigenvalue weighted by Crippen LogP contribution is -2.09. The number of rotatable bonds is 0. The minimum absolute atomic E-state index is 0.248. The summed E-state index contributed by atoms with van der Waals surface area (Å²) >= 11 is 6.00. The number of halogens is 1. The van der Waals surface area contributed by atoms with Gasteiger partial charge >= 0.3 is 0 Å². The van der Waals surface area contributed by atoms with Gasteiger partial charge in [-0.05, 0) is 19.1 Å². The Morgan fingerprint density at radius 3 is 3.00 bits per heavy atom. The number of H-pyrrole nitrogens is 1. The van der Waals surface area contributed by atoms with Gasteiger partial charge in [0.15, 0.2) is 16.8 Å². The molecule has 80 valence electrons. The third-order valence-electron chi connectivity index (χ3n) is 2.36. The van der Waals surface area contributed by atoms with Crippen molar-refractivity contribution in [2.75, 3.05) is 0 Å². The number of imidazole rings is 1. The van der Waals surface area contributed by atoms with E-state index in [0.29, 0.717) is 27.7 Å². The fraction of sp³-hybridized carbons (Fsp3) is 0.100. The second kappa shape index (κ2) is 3.05. The Labute approximate surface area is 94.7 Å². The van der Waals surface area contributed by atoms with E-state index in [-0.39, 0.29) is 5.56 Å². The van der Waals surface area contributed by atoms with Crippen LogP contribution in [-0.2, 0) is 0 Å². The molecule has 0 bridgehead atoms. The molecule has 0 radical (unpaired) electrons. The number of aromatic amines is 1. The molecule has 0 unspecified atom stereocenters. The first-order chi connectivity index (χ1) is 7.66. The monoisotopic (exact) mass is 234 g/mol. The number of hydrogen-bond donors (Lipinski definition) is 1. The van der Waals surface area contributed by atoms with Crippen LogP contribution < -0.4 is 5.56 Å². The molecule has 0 saturated carbocycles. The molecule has 3 aromatic heterocycles. The van der Waals surface area contributed by atoms with E-state index in [1.54, 1.807) is 29.7 Å². The van der Waals surface area contributed by atoms with Crippen LogP contribution in [0.3, 0.4) is 0 Å². The van der Waals surface area contributed by atoms with Crippen molar-refractivity contribution < 1.29 is 0 Å². The molecule has 0 atom stereocenters. The molecule has 0 aromatic carbocycles. The molecule has 6 heteroatoms. The van der Waals surface area contributed by atoms with Gasteiger partial charge in [-0.15, -0.1) is 0 Å². The molecule has 16 heavy (non-hydrogen) atoms. The van der Waals surface area contributed by atoms with Crippen molar-refractivity contribution in [2.24, 2.45) is 0 Å².